The van der Waals surface area contributed by atoms with Crippen molar-refractivity contribution in [2.24, 2.45) is 0 Å². The molecule has 1 amide bonds. The summed E-state index contributed by atoms with van der Waals surface area (Å²) in [5, 5.41) is 12.8. The summed E-state index contributed by atoms with van der Waals surface area (Å²) in [6.45, 7) is 5.75. The lowest BCUT2D eigenvalue weighted by Crippen LogP contribution is -2.50. The van der Waals surface area contributed by atoms with Gasteiger partial charge in [-0.1, -0.05) is 6.07 Å². The molecule has 1 unspecified atom stereocenters. The average Bonchev–Trinajstić information content (AvgIpc) is 2.81. The van der Waals surface area contributed by atoms with Gasteiger partial charge in [0.05, 0.1) is 18.6 Å². The van der Waals surface area contributed by atoms with E-state index in [4.69, 9.17) is 9.84 Å². The van der Waals surface area contributed by atoms with E-state index < -0.39 is 11.5 Å². The largest absolute Gasteiger partial charge is 0.481 e. The number of rotatable bonds is 6. The molecule has 6 nitrogen and oxygen atoms in total. The average molecular weight is 318 g/mol. The van der Waals surface area contributed by atoms with Crippen molar-refractivity contribution >= 4 is 22.8 Å². The van der Waals surface area contributed by atoms with Crippen molar-refractivity contribution < 1.29 is 19.4 Å². The first-order chi connectivity index (χ1) is 10.7. The Labute approximate surface area is 134 Å². The molecule has 1 heterocycles. The van der Waals surface area contributed by atoms with E-state index in [9.17, 15) is 9.59 Å². The number of aryl methyl sites for hydroxylation is 2. The SMILES string of the molecule is COCC(C)(CC(=O)O)NC(=O)c1cc2c(C)cc(C)cc2[nH]1. The monoisotopic (exact) mass is 318 g/mol. The van der Waals surface area contributed by atoms with Crippen LogP contribution in [-0.4, -0.2) is 41.2 Å². The Morgan fingerprint density at radius 3 is 2.61 bits per heavy atom. The summed E-state index contributed by atoms with van der Waals surface area (Å²) in [6, 6.07) is 5.81. The Hall–Kier alpha value is -2.34. The van der Waals surface area contributed by atoms with Gasteiger partial charge < -0.3 is 20.1 Å². The first-order valence-corrected chi connectivity index (χ1v) is 7.37. The second-order valence-corrected chi connectivity index (χ2v) is 6.24. The minimum atomic E-state index is -0.993. The molecular formula is C17H22N2O4. The third-order valence-electron chi connectivity index (χ3n) is 3.75. The van der Waals surface area contributed by atoms with Gasteiger partial charge in [-0.05, 0) is 44.0 Å². The van der Waals surface area contributed by atoms with E-state index in [1.165, 1.54) is 7.11 Å². The number of nitrogens with one attached hydrogen (secondary N) is 2. The fraction of sp³-hybridized carbons (Fsp3) is 0.412. The Bertz CT molecular complexity index is 750. The van der Waals surface area contributed by atoms with Crippen LogP contribution >= 0.6 is 0 Å². The lowest BCUT2D eigenvalue weighted by molar-refractivity contribution is -0.139. The van der Waals surface area contributed by atoms with Crippen LogP contribution in [0.15, 0.2) is 18.2 Å². The summed E-state index contributed by atoms with van der Waals surface area (Å²) in [7, 11) is 1.47. The molecule has 3 N–H and O–H groups in total. The van der Waals surface area contributed by atoms with Gasteiger partial charge in [0, 0.05) is 18.0 Å². The fourth-order valence-corrected chi connectivity index (χ4v) is 2.85. The van der Waals surface area contributed by atoms with Crippen LogP contribution in [0.5, 0.6) is 0 Å². The third kappa shape index (κ3) is 3.90. The minimum Gasteiger partial charge on any atom is -0.481 e. The fourth-order valence-electron chi connectivity index (χ4n) is 2.85. The van der Waals surface area contributed by atoms with Gasteiger partial charge in [0.25, 0.3) is 5.91 Å². The van der Waals surface area contributed by atoms with Crippen LogP contribution in [-0.2, 0) is 9.53 Å². The number of fused-ring (bicyclic) bond motifs is 1. The number of ether oxygens (including phenoxy) is 1. The van der Waals surface area contributed by atoms with Crippen LogP contribution in [0.1, 0.15) is 35.0 Å². The Balaban J connectivity index is 2.29. The Morgan fingerprint density at radius 2 is 2.00 bits per heavy atom. The maximum Gasteiger partial charge on any atom is 0.305 e. The predicted octanol–water partition coefficient (Wildman–Crippen LogP) is 2.39. The molecule has 0 aliphatic rings. The number of methoxy groups -OCH3 is 1. The standard InChI is InChI=1S/C17H22N2O4/c1-10-5-11(2)12-7-14(18-13(12)6-10)16(22)19-17(3,9-23-4)8-15(20)21/h5-7,18H,8-9H2,1-4H3,(H,19,22)(H,20,21). The van der Waals surface area contributed by atoms with E-state index in [0.29, 0.717) is 5.69 Å². The van der Waals surface area contributed by atoms with Crippen LogP contribution in [0.3, 0.4) is 0 Å². The molecular weight excluding hydrogens is 296 g/mol. The number of H-pyrrole nitrogens is 1. The van der Waals surface area contributed by atoms with Crippen LogP contribution in [0.4, 0.5) is 0 Å². The molecule has 1 aromatic carbocycles. The van der Waals surface area contributed by atoms with E-state index in [1.807, 2.05) is 19.9 Å². The molecule has 0 saturated carbocycles. The normalized spacial score (nSPS) is 13.7. The minimum absolute atomic E-state index is 0.114. The quantitative estimate of drug-likeness (QED) is 0.762. The van der Waals surface area contributed by atoms with Gasteiger partial charge >= 0.3 is 5.97 Å². The summed E-state index contributed by atoms with van der Waals surface area (Å²) >= 11 is 0. The maximum absolute atomic E-state index is 12.5. The number of benzene rings is 1. The molecule has 0 aliphatic heterocycles. The third-order valence-corrected chi connectivity index (χ3v) is 3.75. The molecule has 0 radical (unpaired) electrons. The lowest BCUT2D eigenvalue weighted by atomic mass is 9.98. The second-order valence-electron chi connectivity index (χ2n) is 6.24. The summed E-state index contributed by atoms with van der Waals surface area (Å²) in [6.07, 6.45) is -0.217. The molecule has 124 valence electrons. The van der Waals surface area contributed by atoms with Crippen molar-refractivity contribution in [3.63, 3.8) is 0 Å². The van der Waals surface area contributed by atoms with E-state index in [-0.39, 0.29) is 18.9 Å². The first kappa shape index (κ1) is 17.0. The van der Waals surface area contributed by atoms with E-state index in [1.54, 1.807) is 13.0 Å². The number of carboxylic acid groups (broad SMARTS) is 1. The zero-order valence-electron chi connectivity index (χ0n) is 13.8. The highest BCUT2D eigenvalue weighted by atomic mass is 16.5. The van der Waals surface area contributed by atoms with Gasteiger partial charge in [0.1, 0.15) is 5.69 Å². The predicted molar refractivity (Wildman–Crippen MR) is 87.8 cm³/mol. The Kier molecular flexibility index (Phi) is 4.75. The molecule has 1 atom stereocenters. The molecule has 0 saturated heterocycles. The van der Waals surface area contributed by atoms with Crippen LogP contribution in [0.2, 0.25) is 0 Å². The van der Waals surface area contributed by atoms with Crippen LogP contribution in [0, 0.1) is 13.8 Å². The van der Waals surface area contributed by atoms with Crippen LogP contribution in [0.25, 0.3) is 10.9 Å². The van der Waals surface area contributed by atoms with Crippen molar-refractivity contribution in [3.8, 4) is 0 Å². The number of aliphatic carboxylic acids is 1. The van der Waals surface area contributed by atoms with E-state index in [0.717, 1.165) is 22.0 Å². The number of hydrogen-bond donors (Lipinski definition) is 3. The number of aromatic nitrogens is 1. The smallest absolute Gasteiger partial charge is 0.305 e. The summed E-state index contributed by atoms with van der Waals surface area (Å²) < 4.78 is 5.05. The molecule has 23 heavy (non-hydrogen) atoms. The van der Waals surface area contributed by atoms with Gasteiger partial charge in [-0.3, -0.25) is 9.59 Å². The molecule has 0 fully saturated rings. The lowest BCUT2D eigenvalue weighted by Gasteiger charge is -2.28. The highest BCUT2D eigenvalue weighted by molar-refractivity contribution is 5.99. The highest BCUT2D eigenvalue weighted by Crippen LogP contribution is 2.22. The van der Waals surface area contributed by atoms with Gasteiger partial charge in [0.2, 0.25) is 0 Å². The van der Waals surface area contributed by atoms with Gasteiger partial charge in [0.15, 0.2) is 0 Å². The highest BCUT2D eigenvalue weighted by Gasteiger charge is 2.30. The topological polar surface area (TPSA) is 91.4 Å². The summed E-state index contributed by atoms with van der Waals surface area (Å²) in [5.41, 5.74) is 2.51. The molecule has 6 heteroatoms. The molecule has 0 aliphatic carbocycles. The van der Waals surface area contributed by atoms with E-state index in [2.05, 4.69) is 16.4 Å². The van der Waals surface area contributed by atoms with Crippen molar-refractivity contribution in [3.05, 3.63) is 35.0 Å². The molecule has 0 bridgehead atoms. The number of hydrogen-bond acceptors (Lipinski definition) is 3. The zero-order valence-corrected chi connectivity index (χ0v) is 13.8. The van der Waals surface area contributed by atoms with Crippen molar-refractivity contribution in [1.82, 2.24) is 10.3 Å². The van der Waals surface area contributed by atoms with Gasteiger partial charge in [-0.2, -0.15) is 0 Å². The molecule has 0 spiro atoms. The molecule has 2 rings (SSSR count). The van der Waals surface area contributed by atoms with Crippen LogP contribution < -0.4 is 5.32 Å². The second kappa shape index (κ2) is 6.42. The number of carboxylic acids is 1. The number of carbonyl (C=O) groups excluding carboxylic acids is 1. The number of amides is 1. The maximum atomic E-state index is 12.5. The van der Waals surface area contributed by atoms with Crippen molar-refractivity contribution in [2.45, 2.75) is 32.7 Å². The first-order valence-electron chi connectivity index (χ1n) is 7.37. The number of aromatic amines is 1. The summed E-state index contributed by atoms with van der Waals surface area (Å²) in [4.78, 5) is 26.6. The van der Waals surface area contributed by atoms with Crippen molar-refractivity contribution in [1.29, 1.82) is 0 Å². The zero-order chi connectivity index (χ0) is 17.2. The molecule has 2 aromatic rings. The van der Waals surface area contributed by atoms with Gasteiger partial charge in [-0.25, -0.2) is 0 Å². The summed E-state index contributed by atoms with van der Waals surface area (Å²) in [5.74, 6) is -1.34. The Morgan fingerprint density at radius 1 is 1.30 bits per heavy atom. The number of carbonyl (C=O) groups is 2. The van der Waals surface area contributed by atoms with E-state index >= 15 is 0 Å². The van der Waals surface area contributed by atoms with Gasteiger partial charge in [-0.15, -0.1) is 0 Å². The van der Waals surface area contributed by atoms with Crippen molar-refractivity contribution in [2.75, 3.05) is 13.7 Å². The molecule has 1 aromatic heterocycles.